The molecule has 1 heterocycles. The average Bonchev–Trinajstić information content (AvgIpc) is 2.85. The van der Waals surface area contributed by atoms with Gasteiger partial charge in [-0.25, -0.2) is 0 Å². The second-order valence-electron chi connectivity index (χ2n) is 4.54. The fourth-order valence-corrected chi connectivity index (χ4v) is 2.02. The Labute approximate surface area is 122 Å². The fourth-order valence-electron chi connectivity index (χ4n) is 1.82. The number of hydrogen-bond donors (Lipinski definition) is 2. The van der Waals surface area contributed by atoms with Gasteiger partial charge < -0.3 is 14.8 Å². The van der Waals surface area contributed by atoms with E-state index in [2.05, 4.69) is 5.32 Å². The van der Waals surface area contributed by atoms with Crippen molar-refractivity contribution in [3.05, 3.63) is 58.5 Å². The summed E-state index contributed by atoms with van der Waals surface area (Å²) in [6, 6.07) is 10.6. The number of hydrogen-bond acceptors (Lipinski definition) is 3. The molecule has 0 aliphatic carbocycles. The van der Waals surface area contributed by atoms with Crippen molar-refractivity contribution in [3.8, 4) is 0 Å². The molecule has 0 bridgehead atoms. The zero-order valence-corrected chi connectivity index (χ0v) is 11.9. The molecule has 0 aliphatic heterocycles. The van der Waals surface area contributed by atoms with Crippen LogP contribution in [-0.4, -0.2) is 17.6 Å². The smallest absolute Gasteiger partial charge is 0.224 e. The van der Waals surface area contributed by atoms with Gasteiger partial charge in [-0.2, -0.15) is 0 Å². The van der Waals surface area contributed by atoms with Crippen LogP contribution in [0.25, 0.3) is 0 Å². The summed E-state index contributed by atoms with van der Waals surface area (Å²) in [6.45, 7) is 1.91. The van der Waals surface area contributed by atoms with Crippen molar-refractivity contribution in [2.75, 3.05) is 6.54 Å². The molecule has 1 aromatic heterocycles. The van der Waals surface area contributed by atoms with Crippen molar-refractivity contribution < 1.29 is 14.3 Å². The predicted octanol–water partition coefficient (Wildman–Crippen LogP) is 2.63. The molecule has 2 aromatic rings. The number of furan rings is 1. The first kappa shape index (κ1) is 14.6. The fraction of sp³-hybridized carbons (Fsp3) is 0.267. The Hall–Kier alpha value is -1.78. The lowest BCUT2D eigenvalue weighted by Gasteiger charge is -2.10. The molecule has 2 rings (SSSR count). The summed E-state index contributed by atoms with van der Waals surface area (Å²) in [5.74, 6) is 0.974. The first-order valence-electron chi connectivity index (χ1n) is 6.31. The molecule has 1 aromatic carbocycles. The van der Waals surface area contributed by atoms with Crippen molar-refractivity contribution in [1.29, 1.82) is 0 Å². The number of aliphatic hydroxyl groups excluding tert-OH is 1. The quantitative estimate of drug-likeness (QED) is 0.891. The molecular weight excluding hydrogens is 278 g/mol. The highest BCUT2D eigenvalue weighted by Crippen LogP contribution is 2.16. The van der Waals surface area contributed by atoms with Crippen LogP contribution in [0.1, 0.15) is 23.2 Å². The predicted molar refractivity (Wildman–Crippen MR) is 76.6 cm³/mol. The topological polar surface area (TPSA) is 62.5 Å². The molecule has 0 spiro atoms. The van der Waals surface area contributed by atoms with Crippen LogP contribution < -0.4 is 5.32 Å². The summed E-state index contributed by atoms with van der Waals surface area (Å²) >= 11 is 5.99. The Bertz CT molecular complexity index is 594. The van der Waals surface area contributed by atoms with Crippen molar-refractivity contribution in [1.82, 2.24) is 5.32 Å². The Morgan fingerprint density at radius 1 is 1.35 bits per heavy atom. The number of halogens is 1. The molecule has 0 saturated carbocycles. The van der Waals surface area contributed by atoms with Gasteiger partial charge in [0.2, 0.25) is 5.91 Å². The van der Waals surface area contributed by atoms with Gasteiger partial charge in [-0.3, -0.25) is 4.79 Å². The van der Waals surface area contributed by atoms with E-state index in [-0.39, 0.29) is 18.9 Å². The minimum Gasteiger partial charge on any atom is -0.464 e. The maximum atomic E-state index is 11.8. The number of aryl methyl sites for hydroxylation is 1. The molecule has 1 unspecified atom stereocenters. The Balaban J connectivity index is 1.85. The molecule has 0 fully saturated rings. The number of benzene rings is 1. The maximum absolute atomic E-state index is 11.8. The number of carbonyl (C=O) groups is 1. The van der Waals surface area contributed by atoms with Crippen molar-refractivity contribution in [2.45, 2.75) is 19.4 Å². The zero-order valence-electron chi connectivity index (χ0n) is 11.1. The minimum absolute atomic E-state index is 0.107. The molecule has 0 aliphatic rings. The van der Waals surface area contributed by atoms with E-state index in [1.165, 1.54) is 0 Å². The number of aliphatic hydroxyl groups is 1. The van der Waals surface area contributed by atoms with Gasteiger partial charge in [0.25, 0.3) is 0 Å². The summed E-state index contributed by atoms with van der Waals surface area (Å²) in [5.41, 5.74) is 0.759. The molecule has 1 atom stereocenters. The van der Waals surface area contributed by atoms with E-state index in [0.29, 0.717) is 10.8 Å². The Morgan fingerprint density at radius 2 is 2.10 bits per heavy atom. The molecule has 5 heteroatoms. The normalized spacial score (nSPS) is 12.2. The van der Waals surface area contributed by atoms with Crippen LogP contribution in [0.3, 0.4) is 0 Å². The Kier molecular flexibility index (Phi) is 4.82. The van der Waals surface area contributed by atoms with Gasteiger partial charge in [0.15, 0.2) is 0 Å². The van der Waals surface area contributed by atoms with Gasteiger partial charge in [0, 0.05) is 5.02 Å². The van der Waals surface area contributed by atoms with Gasteiger partial charge in [0.05, 0.1) is 13.0 Å². The third-order valence-electron chi connectivity index (χ3n) is 2.89. The number of carbonyl (C=O) groups excluding carboxylic acids is 1. The highest BCUT2D eigenvalue weighted by molar-refractivity contribution is 6.31. The highest BCUT2D eigenvalue weighted by Gasteiger charge is 2.13. The van der Waals surface area contributed by atoms with E-state index in [9.17, 15) is 9.90 Å². The molecule has 0 radical (unpaired) electrons. The lowest BCUT2D eigenvalue weighted by molar-refractivity contribution is -0.120. The second-order valence-corrected chi connectivity index (χ2v) is 4.94. The van der Waals surface area contributed by atoms with Crippen LogP contribution in [0.15, 0.2) is 40.8 Å². The Morgan fingerprint density at radius 3 is 2.75 bits per heavy atom. The van der Waals surface area contributed by atoms with E-state index in [0.717, 1.165) is 11.3 Å². The monoisotopic (exact) mass is 293 g/mol. The van der Waals surface area contributed by atoms with Crippen LogP contribution in [0.2, 0.25) is 5.02 Å². The third-order valence-corrected chi connectivity index (χ3v) is 3.26. The van der Waals surface area contributed by atoms with E-state index < -0.39 is 6.10 Å². The minimum atomic E-state index is -0.848. The lowest BCUT2D eigenvalue weighted by Crippen LogP contribution is -2.29. The molecule has 0 saturated heterocycles. The molecule has 4 nitrogen and oxygen atoms in total. The SMILES string of the molecule is Cc1ccc(C(O)CNC(=O)Cc2ccccc2Cl)o1. The molecule has 106 valence electrons. The molecule has 20 heavy (non-hydrogen) atoms. The summed E-state index contributed by atoms with van der Waals surface area (Å²) in [4.78, 5) is 11.8. The van der Waals surface area contributed by atoms with Gasteiger partial charge in [-0.05, 0) is 30.7 Å². The van der Waals surface area contributed by atoms with Crippen molar-refractivity contribution in [3.63, 3.8) is 0 Å². The van der Waals surface area contributed by atoms with Gasteiger partial charge >= 0.3 is 0 Å². The van der Waals surface area contributed by atoms with Gasteiger partial charge in [-0.1, -0.05) is 29.8 Å². The summed E-state index contributed by atoms with van der Waals surface area (Å²) in [5, 5.41) is 13.1. The highest BCUT2D eigenvalue weighted by atomic mass is 35.5. The van der Waals surface area contributed by atoms with E-state index >= 15 is 0 Å². The first-order chi connectivity index (χ1) is 9.56. The third kappa shape index (κ3) is 3.85. The van der Waals surface area contributed by atoms with Gasteiger partial charge in [-0.15, -0.1) is 0 Å². The maximum Gasteiger partial charge on any atom is 0.224 e. The van der Waals surface area contributed by atoms with E-state index in [1.807, 2.05) is 12.1 Å². The first-order valence-corrected chi connectivity index (χ1v) is 6.68. The van der Waals surface area contributed by atoms with E-state index in [4.69, 9.17) is 16.0 Å². The molecular formula is C15H16ClNO3. The lowest BCUT2D eigenvalue weighted by atomic mass is 10.1. The summed E-state index contributed by atoms with van der Waals surface area (Å²) in [7, 11) is 0. The van der Waals surface area contributed by atoms with Crippen LogP contribution >= 0.6 is 11.6 Å². The number of rotatable bonds is 5. The van der Waals surface area contributed by atoms with Gasteiger partial charge in [0.1, 0.15) is 17.6 Å². The van der Waals surface area contributed by atoms with Crippen LogP contribution in [0, 0.1) is 6.92 Å². The van der Waals surface area contributed by atoms with Crippen LogP contribution in [-0.2, 0) is 11.2 Å². The van der Waals surface area contributed by atoms with Crippen LogP contribution in [0.4, 0.5) is 0 Å². The molecule has 2 N–H and O–H groups in total. The summed E-state index contributed by atoms with van der Waals surface area (Å²) in [6.07, 6.45) is -0.664. The summed E-state index contributed by atoms with van der Waals surface area (Å²) < 4.78 is 5.29. The average molecular weight is 294 g/mol. The van der Waals surface area contributed by atoms with Crippen LogP contribution in [0.5, 0.6) is 0 Å². The zero-order chi connectivity index (χ0) is 14.5. The number of amides is 1. The second kappa shape index (κ2) is 6.59. The number of nitrogens with one attached hydrogen (secondary N) is 1. The van der Waals surface area contributed by atoms with Crippen molar-refractivity contribution >= 4 is 17.5 Å². The molecule has 1 amide bonds. The van der Waals surface area contributed by atoms with E-state index in [1.54, 1.807) is 31.2 Å². The standard InChI is InChI=1S/C15H16ClNO3/c1-10-6-7-14(20-10)13(18)9-17-15(19)8-11-4-2-3-5-12(11)16/h2-7,13,18H,8-9H2,1H3,(H,17,19). The van der Waals surface area contributed by atoms with Crippen molar-refractivity contribution in [2.24, 2.45) is 0 Å². The largest absolute Gasteiger partial charge is 0.464 e.